The summed E-state index contributed by atoms with van der Waals surface area (Å²) in [6, 6.07) is 0. The highest BCUT2D eigenvalue weighted by Crippen LogP contribution is 2.38. The summed E-state index contributed by atoms with van der Waals surface area (Å²) in [4.78, 5) is 11.7. The first kappa shape index (κ1) is 16.2. The van der Waals surface area contributed by atoms with Crippen LogP contribution in [0.3, 0.4) is 0 Å². The van der Waals surface area contributed by atoms with Crippen LogP contribution in [0, 0.1) is 5.92 Å². The lowest BCUT2D eigenvalue weighted by atomic mass is 9.80. The van der Waals surface area contributed by atoms with Crippen molar-refractivity contribution in [1.82, 2.24) is 0 Å². The maximum absolute atomic E-state index is 11.7. The van der Waals surface area contributed by atoms with Crippen molar-refractivity contribution in [3.8, 4) is 0 Å². The Balaban J connectivity index is 1.71. The molecule has 2 saturated carbocycles. The summed E-state index contributed by atoms with van der Waals surface area (Å²) in [5.41, 5.74) is -0.550. The Bertz CT molecular complexity index is 305. The van der Waals surface area contributed by atoms with E-state index in [0.29, 0.717) is 6.61 Å². The van der Waals surface area contributed by atoms with Gasteiger partial charge >= 0.3 is 5.97 Å². The van der Waals surface area contributed by atoms with Gasteiger partial charge in [0, 0.05) is 11.0 Å². The van der Waals surface area contributed by atoms with Gasteiger partial charge in [0.2, 0.25) is 0 Å². The zero-order valence-corrected chi connectivity index (χ0v) is 13.4. The Morgan fingerprint density at radius 3 is 2.45 bits per heavy atom. The molecule has 3 nitrogen and oxygen atoms in total. The van der Waals surface area contributed by atoms with E-state index in [2.05, 4.69) is 0 Å². The molecule has 2 aliphatic rings. The quantitative estimate of drug-likeness (QED) is 0.789. The van der Waals surface area contributed by atoms with Crippen molar-refractivity contribution in [2.75, 3.05) is 12.4 Å². The number of esters is 1. The third-order valence-electron chi connectivity index (χ3n) is 4.68. The Labute approximate surface area is 126 Å². The van der Waals surface area contributed by atoms with E-state index in [4.69, 9.17) is 4.74 Å². The van der Waals surface area contributed by atoms with E-state index in [9.17, 15) is 9.90 Å². The minimum absolute atomic E-state index is 0.00917. The van der Waals surface area contributed by atoms with E-state index in [1.165, 1.54) is 32.1 Å². The molecule has 1 N–H and O–H groups in total. The Morgan fingerprint density at radius 1 is 1.20 bits per heavy atom. The van der Waals surface area contributed by atoms with Gasteiger partial charge in [-0.2, -0.15) is 11.8 Å². The first-order valence-corrected chi connectivity index (χ1v) is 9.18. The lowest BCUT2D eigenvalue weighted by Gasteiger charge is -2.36. The van der Waals surface area contributed by atoms with Crippen molar-refractivity contribution in [1.29, 1.82) is 0 Å². The van der Waals surface area contributed by atoms with Gasteiger partial charge in [-0.15, -0.1) is 0 Å². The number of carbonyl (C=O) groups is 1. The largest absolute Gasteiger partial charge is 0.466 e. The maximum atomic E-state index is 11.7. The lowest BCUT2D eigenvalue weighted by molar-refractivity contribution is -0.150. The Hall–Kier alpha value is -0.220. The number of carbonyl (C=O) groups excluding carboxylic acids is 1. The molecule has 20 heavy (non-hydrogen) atoms. The molecule has 2 aliphatic carbocycles. The molecule has 0 radical (unpaired) electrons. The number of aliphatic hydroxyl groups is 1. The van der Waals surface area contributed by atoms with E-state index < -0.39 is 5.60 Å². The predicted octanol–water partition coefficient (Wildman–Crippen LogP) is 3.54. The van der Waals surface area contributed by atoms with Gasteiger partial charge in [-0.05, 0) is 45.4 Å². The van der Waals surface area contributed by atoms with Crippen molar-refractivity contribution < 1.29 is 14.6 Å². The van der Waals surface area contributed by atoms with Crippen LogP contribution in [0.25, 0.3) is 0 Å². The standard InChI is InChI=1S/C16H28O3S/c1-2-19-15(17)13-8-10-16(18,11-9-13)12-20-14-6-4-3-5-7-14/h13-14,18H,2-12H2,1H3. The zero-order valence-electron chi connectivity index (χ0n) is 12.6. The zero-order chi connectivity index (χ0) is 14.4. The third-order valence-corrected chi connectivity index (χ3v) is 6.32. The fraction of sp³-hybridized carbons (Fsp3) is 0.938. The fourth-order valence-corrected chi connectivity index (χ4v) is 4.80. The highest BCUT2D eigenvalue weighted by Gasteiger charge is 2.36. The van der Waals surface area contributed by atoms with Crippen LogP contribution in [-0.2, 0) is 9.53 Å². The van der Waals surface area contributed by atoms with Crippen LogP contribution in [0.2, 0.25) is 0 Å². The van der Waals surface area contributed by atoms with Gasteiger partial charge in [0.15, 0.2) is 0 Å². The van der Waals surface area contributed by atoms with Gasteiger partial charge in [0.05, 0.1) is 18.1 Å². The van der Waals surface area contributed by atoms with Crippen LogP contribution >= 0.6 is 11.8 Å². The number of rotatable bonds is 5. The van der Waals surface area contributed by atoms with E-state index in [0.717, 1.165) is 36.7 Å². The van der Waals surface area contributed by atoms with Crippen LogP contribution in [0.15, 0.2) is 0 Å². The number of ether oxygens (including phenoxy) is 1. The minimum atomic E-state index is -0.550. The second-order valence-electron chi connectivity index (χ2n) is 6.32. The van der Waals surface area contributed by atoms with Crippen LogP contribution in [-0.4, -0.2) is 34.3 Å². The van der Waals surface area contributed by atoms with E-state index in [1.807, 2.05) is 18.7 Å². The molecule has 0 aromatic rings. The van der Waals surface area contributed by atoms with E-state index in [1.54, 1.807) is 0 Å². The van der Waals surface area contributed by atoms with Crippen molar-refractivity contribution >= 4 is 17.7 Å². The molecule has 0 heterocycles. The van der Waals surface area contributed by atoms with E-state index >= 15 is 0 Å². The Morgan fingerprint density at radius 2 is 1.85 bits per heavy atom. The highest BCUT2D eigenvalue weighted by atomic mass is 32.2. The van der Waals surface area contributed by atoms with Gasteiger partial charge in [-0.3, -0.25) is 4.79 Å². The summed E-state index contributed by atoms with van der Waals surface area (Å²) in [7, 11) is 0. The van der Waals surface area contributed by atoms with Crippen LogP contribution in [0.5, 0.6) is 0 Å². The molecule has 0 saturated heterocycles. The van der Waals surface area contributed by atoms with Crippen molar-refractivity contribution in [2.45, 2.75) is 75.6 Å². The number of thioether (sulfide) groups is 1. The third kappa shape index (κ3) is 4.66. The summed E-state index contributed by atoms with van der Waals surface area (Å²) >= 11 is 1.96. The Kier molecular flexibility index (Phi) is 6.21. The molecule has 4 heteroatoms. The number of hydrogen-bond acceptors (Lipinski definition) is 4. The van der Waals surface area contributed by atoms with E-state index in [-0.39, 0.29) is 11.9 Å². The van der Waals surface area contributed by atoms with Gasteiger partial charge < -0.3 is 9.84 Å². The van der Waals surface area contributed by atoms with Gasteiger partial charge in [0.25, 0.3) is 0 Å². The summed E-state index contributed by atoms with van der Waals surface area (Å²) in [5, 5.41) is 11.4. The molecule has 0 spiro atoms. The molecule has 0 amide bonds. The molecule has 0 unspecified atom stereocenters. The number of hydrogen-bond donors (Lipinski definition) is 1. The summed E-state index contributed by atoms with van der Waals surface area (Å²) in [5.74, 6) is 0.775. The summed E-state index contributed by atoms with van der Waals surface area (Å²) < 4.78 is 5.08. The topological polar surface area (TPSA) is 46.5 Å². The molecule has 116 valence electrons. The second kappa shape index (κ2) is 7.69. The summed E-state index contributed by atoms with van der Waals surface area (Å²) in [6.45, 7) is 2.30. The monoisotopic (exact) mass is 300 g/mol. The molecular formula is C16H28O3S. The molecule has 0 aromatic carbocycles. The second-order valence-corrected chi connectivity index (χ2v) is 7.61. The molecule has 0 aliphatic heterocycles. The van der Waals surface area contributed by atoms with Crippen LogP contribution in [0.4, 0.5) is 0 Å². The molecule has 0 atom stereocenters. The molecule has 2 fully saturated rings. The first-order chi connectivity index (χ1) is 9.63. The lowest BCUT2D eigenvalue weighted by Crippen LogP contribution is -2.39. The van der Waals surface area contributed by atoms with Gasteiger partial charge in [-0.1, -0.05) is 19.3 Å². The fourth-order valence-electron chi connectivity index (χ4n) is 3.30. The van der Waals surface area contributed by atoms with Crippen LogP contribution < -0.4 is 0 Å². The van der Waals surface area contributed by atoms with Crippen LogP contribution in [0.1, 0.15) is 64.7 Å². The SMILES string of the molecule is CCOC(=O)C1CCC(O)(CSC2CCCCC2)CC1. The molecule has 2 rings (SSSR count). The maximum Gasteiger partial charge on any atom is 0.308 e. The van der Waals surface area contributed by atoms with Gasteiger partial charge in [-0.25, -0.2) is 0 Å². The minimum Gasteiger partial charge on any atom is -0.466 e. The molecular weight excluding hydrogens is 272 g/mol. The average Bonchev–Trinajstić information content (AvgIpc) is 2.47. The van der Waals surface area contributed by atoms with Crippen molar-refractivity contribution in [2.24, 2.45) is 5.92 Å². The molecule has 0 bridgehead atoms. The summed E-state index contributed by atoms with van der Waals surface area (Å²) in [6.07, 6.45) is 9.75. The normalized spacial score (nSPS) is 32.0. The van der Waals surface area contributed by atoms with Crippen molar-refractivity contribution in [3.05, 3.63) is 0 Å². The van der Waals surface area contributed by atoms with Gasteiger partial charge in [0.1, 0.15) is 0 Å². The predicted molar refractivity (Wildman–Crippen MR) is 82.9 cm³/mol. The smallest absolute Gasteiger partial charge is 0.308 e. The van der Waals surface area contributed by atoms with Crippen molar-refractivity contribution in [3.63, 3.8) is 0 Å². The average molecular weight is 300 g/mol. The highest BCUT2D eigenvalue weighted by molar-refractivity contribution is 7.99. The first-order valence-electron chi connectivity index (χ1n) is 8.13. The molecule has 0 aromatic heterocycles.